The Morgan fingerprint density at radius 2 is 2.11 bits per heavy atom. The molecule has 0 bridgehead atoms. The molecule has 2 rings (SSSR count). The molecule has 19 heavy (non-hydrogen) atoms. The van der Waals surface area contributed by atoms with Gasteiger partial charge in [-0.3, -0.25) is 0 Å². The van der Waals surface area contributed by atoms with Crippen LogP contribution in [0.15, 0.2) is 23.1 Å². The van der Waals surface area contributed by atoms with E-state index in [1.165, 1.54) is 0 Å². The van der Waals surface area contributed by atoms with Crippen molar-refractivity contribution in [2.45, 2.75) is 23.8 Å². The maximum Gasteiger partial charge on any atom is 0.242 e. The van der Waals surface area contributed by atoms with Crippen molar-refractivity contribution in [1.29, 1.82) is 0 Å². The van der Waals surface area contributed by atoms with E-state index in [9.17, 15) is 12.8 Å². The highest BCUT2D eigenvalue weighted by molar-refractivity contribution is 7.89. The number of nitrogens with one attached hydrogen (secondary N) is 1. The zero-order chi connectivity index (χ0) is 13.3. The summed E-state index contributed by atoms with van der Waals surface area (Å²) in [6, 6.07) is 2.99. The van der Waals surface area contributed by atoms with Crippen LogP contribution < -0.4 is 10.5 Å². The maximum absolute atomic E-state index is 12.8. The number of rotatable bonds is 5. The molecule has 3 N–H and O–H groups in total. The Morgan fingerprint density at radius 1 is 1.47 bits per heavy atom. The van der Waals surface area contributed by atoms with Gasteiger partial charge in [0.25, 0.3) is 0 Å². The highest BCUT2D eigenvalue weighted by Gasteiger charge is 2.29. The second-order valence-electron chi connectivity index (χ2n) is 4.43. The lowest BCUT2D eigenvalue weighted by Gasteiger charge is -2.12. The van der Waals surface area contributed by atoms with Gasteiger partial charge in [-0.2, -0.15) is 0 Å². The van der Waals surface area contributed by atoms with Crippen LogP contribution in [0.1, 0.15) is 12.8 Å². The highest BCUT2D eigenvalue weighted by atomic mass is 35.5. The zero-order valence-corrected chi connectivity index (χ0v) is 12.4. The molecule has 0 aliphatic heterocycles. The minimum Gasteiger partial charge on any atom is -0.326 e. The third kappa shape index (κ3) is 4.29. The van der Waals surface area contributed by atoms with Gasteiger partial charge in [-0.15, -0.1) is 12.4 Å². The first-order valence-electron chi connectivity index (χ1n) is 5.60. The topological polar surface area (TPSA) is 72.2 Å². The Labute approximate surface area is 123 Å². The number of hydrogen-bond donors (Lipinski definition) is 2. The summed E-state index contributed by atoms with van der Waals surface area (Å²) < 4.78 is 39.1. The maximum atomic E-state index is 12.8. The first-order chi connectivity index (χ1) is 8.40. The van der Waals surface area contributed by atoms with E-state index in [0.29, 0.717) is 5.92 Å². The van der Waals surface area contributed by atoms with E-state index >= 15 is 0 Å². The molecule has 0 saturated heterocycles. The van der Waals surface area contributed by atoms with Crippen LogP contribution in [0.2, 0.25) is 5.02 Å². The molecule has 1 atom stereocenters. The Hall–Kier alpha value is -0.400. The molecule has 0 aromatic heterocycles. The van der Waals surface area contributed by atoms with Gasteiger partial charge in [0.05, 0.1) is 5.02 Å². The fourth-order valence-electron chi connectivity index (χ4n) is 1.67. The largest absolute Gasteiger partial charge is 0.326 e. The molecule has 4 nitrogen and oxygen atoms in total. The molecular weight excluding hydrogens is 314 g/mol. The fraction of sp³-hybridized carbons (Fsp3) is 0.455. The number of halogens is 3. The van der Waals surface area contributed by atoms with E-state index in [1.54, 1.807) is 0 Å². The van der Waals surface area contributed by atoms with Crippen molar-refractivity contribution in [2.75, 3.05) is 6.54 Å². The lowest BCUT2D eigenvalue weighted by Crippen LogP contribution is -2.38. The van der Waals surface area contributed by atoms with Crippen LogP contribution in [-0.2, 0) is 10.0 Å². The summed E-state index contributed by atoms with van der Waals surface area (Å²) >= 11 is 5.71. The molecule has 1 aromatic carbocycles. The molecule has 1 unspecified atom stereocenters. The number of nitrogens with two attached hydrogens (primary N) is 1. The van der Waals surface area contributed by atoms with Crippen LogP contribution in [0, 0.1) is 11.7 Å². The van der Waals surface area contributed by atoms with Gasteiger partial charge in [-0.25, -0.2) is 17.5 Å². The predicted octanol–water partition coefficient (Wildman–Crippen LogP) is 1.92. The molecule has 0 amide bonds. The van der Waals surface area contributed by atoms with Crippen molar-refractivity contribution in [2.24, 2.45) is 11.7 Å². The molecule has 1 aliphatic rings. The minimum absolute atomic E-state index is 0. The van der Waals surface area contributed by atoms with Crippen LogP contribution in [0.5, 0.6) is 0 Å². The van der Waals surface area contributed by atoms with Crippen LogP contribution >= 0.6 is 24.0 Å². The van der Waals surface area contributed by atoms with E-state index < -0.39 is 15.8 Å². The van der Waals surface area contributed by atoms with Gasteiger partial charge in [0.15, 0.2) is 0 Å². The highest BCUT2D eigenvalue weighted by Crippen LogP contribution is 2.31. The zero-order valence-electron chi connectivity index (χ0n) is 9.97. The monoisotopic (exact) mass is 328 g/mol. The fourth-order valence-corrected chi connectivity index (χ4v) is 3.27. The molecule has 1 aliphatic carbocycles. The average molecular weight is 329 g/mol. The number of sulfonamides is 1. The third-order valence-corrected chi connectivity index (χ3v) is 4.83. The molecule has 0 spiro atoms. The van der Waals surface area contributed by atoms with Crippen molar-refractivity contribution >= 4 is 34.0 Å². The van der Waals surface area contributed by atoms with Crippen molar-refractivity contribution in [3.8, 4) is 0 Å². The van der Waals surface area contributed by atoms with Crippen LogP contribution in [-0.4, -0.2) is 21.0 Å². The third-order valence-electron chi connectivity index (χ3n) is 2.92. The molecule has 1 saturated carbocycles. The van der Waals surface area contributed by atoms with Crippen molar-refractivity contribution in [1.82, 2.24) is 4.72 Å². The van der Waals surface area contributed by atoms with Crippen LogP contribution in [0.3, 0.4) is 0 Å². The quantitative estimate of drug-likeness (QED) is 0.867. The average Bonchev–Trinajstić information content (AvgIpc) is 3.09. The van der Waals surface area contributed by atoms with Gasteiger partial charge in [0.1, 0.15) is 10.7 Å². The SMILES string of the molecule is Cl.NC(CNS(=O)(=O)c1ccc(F)cc1Cl)C1CC1. The summed E-state index contributed by atoms with van der Waals surface area (Å²) in [7, 11) is -3.74. The number of benzene rings is 1. The van der Waals surface area contributed by atoms with Gasteiger partial charge in [-0.05, 0) is 37.0 Å². The molecule has 8 heteroatoms. The normalized spacial score (nSPS) is 16.8. The minimum atomic E-state index is -3.74. The van der Waals surface area contributed by atoms with Gasteiger partial charge in [0.2, 0.25) is 10.0 Å². The first kappa shape index (κ1) is 16.7. The second kappa shape index (κ2) is 6.37. The molecule has 108 valence electrons. The lowest BCUT2D eigenvalue weighted by atomic mass is 10.2. The Kier molecular flexibility index (Phi) is 5.58. The summed E-state index contributed by atoms with van der Waals surface area (Å²) in [5, 5.41) is -0.137. The Bertz CT molecular complexity index is 550. The van der Waals surface area contributed by atoms with Crippen molar-refractivity contribution in [3.05, 3.63) is 29.0 Å². The van der Waals surface area contributed by atoms with Crippen molar-refractivity contribution < 1.29 is 12.8 Å². The van der Waals surface area contributed by atoms with Gasteiger partial charge in [0, 0.05) is 12.6 Å². The predicted molar refractivity (Wildman–Crippen MR) is 74.5 cm³/mol. The van der Waals surface area contributed by atoms with Gasteiger partial charge < -0.3 is 5.73 Å². The standard InChI is InChI=1S/C11H14ClFN2O2S.ClH/c12-9-5-8(13)3-4-11(9)18(16,17)15-6-10(14)7-1-2-7;/h3-5,7,10,15H,1-2,6,14H2;1H. The van der Waals surface area contributed by atoms with E-state index in [0.717, 1.165) is 31.0 Å². The first-order valence-corrected chi connectivity index (χ1v) is 7.46. The molecule has 1 fully saturated rings. The van der Waals surface area contributed by atoms with Crippen LogP contribution in [0.25, 0.3) is 0 Å². The summed E-state index contributed by atoms with van der Waals surface area (Å²) in [5.74, 6) is -0.176. The lowest BCUT2D eigenvalue weighted by molar-refractivity contribution is 0.547. The summed E-state index contributed by atoms with van der Waals surface area (Å²) in [5.41, 5.74) is 5.81. The summed E-state index contributed by atoms with van der Waals surface area (Å²) in [6.07, 6.45) is 2.08. The van der Waals surface area contributed by atoms with E-state index in [4.69, 9.17) is 17.3 Å². The van der Waals surface area contributed by atoms with E-state index in [1.807, 2.05) is 0 Å². The Balaban J connectivity index is 0.00000180. The van der Waals surface area contributed by atoms with Gasteiger partial charge in [-0.1, -0.05) is 11.6 Å². The smallest absolute Gasteiger partial charge is 0.242 e. The molecule has 1 aromatic rings. The molecule has 0 radical (unpaired) electrons. The van der Waals surface area contributed by atoms with Gasteiger partial charge >= 0.3 is 0 Å². The molecule has 0 heterocycles. The number of hydrogen-bond acceptors (Lipinski definition) is 3. The van der Waals surface area contributed by atoms with Crippen LogP contribution in [0.4, 0.5) is 4.39 Å². The Morgan fingerprint density at radius 3 is 2.63 bits per heavy atom. The summed E-state index contributed by atoms with van der Waals surface area (Å²) in [4.78, 5) is -0.131. The molecular formula is C11H15Cl2FN2O2S. The van der Waals surface area contributed by atoms with Crippen molar-refractivity contribution in [3.63, 3.8) is 0 Å². The van der Waals surface area contributed by atoms with E-state index in [2.05, 4.69) is 4.72 Å². The van der Waals surface area contributed by atoms with E-state index in [-0.39, 0.29) is 34.9 Å². The summed E-state index contributed by atoms with van der Waals surface area (Å²) in [6.45, 7) is 0.167. The second-order valence-corrected chi connectivity index (χ2v) is 6.57.